The minimum Gasteiger partial charge on any atom is -0.508 e. The molecule has 0 radical (unpaired) electrons. The quantitative estimate of drug-likeness (QED) is 0.906. The van der Waals surface area contributed by atoms with E-state index >= 15 is 0 Å². The van der Waals surface area contributed by atoms with Gasteiger partial charge in [0.2, 0.25) is 0 Å². The molecule has 0 aromatic heterocycles. The summed E-state index contributed by atoms with van der Waals surface area (Å²) >= 11 is 0. The van der Waals surface area contributed by atoms with E-state index in [2.05, 4.69) is 43.1 Å². The van der Waals surface area contributed by atoms with E-state index < -0.39 is 0 Å². The number of hydrogen-bond donors (Lipinski definition) is 1. The number of hydrogen-bond acceptors (Lipinski definition) is 2. The highest BCUT2D eigenvalue weighted by atomic mass is 16.3. The minimum atomic E-state index is 0.329. The Bertz CT molecular complexity index is 591. The van der Waals surface area contributed by atoms with Gasteiger partial charge in [-0.25, -0.2) is 0 Å². The Labute approximate surface area is 120 Å². The van der Waals surface area contributed by atoms with E-state index in [0.29, 0.717) is 17.8 Å². The highest BCUT2D eigenvalue weighted by Crippen LogP contribution is 2.38. The topological polar surface area (TPSA) is 23.5 Å². The van der Waals surface area contributed by atoms with Gasteiger partial charge in [0.15, 0.2) is 0 Å². The lowest BCUT2D eigenvalue weighted by Crippen LogP contribution is -2.26. The Balaban J connectivity index is 1.83. The van der Waals surface area contributed by atoms with Gasteiger partial charge in [0, 0.05) is 12.1 Å². The van der Waals surface area contributed by atoms with Crippen molar-refractivity contribution < 1.29 is 5.11 Å². The first-order valence-electron chi connectivity index (χ1n) is 7.25. The molecule has 104 valence electrons. The zero-order valence-electron chi connectivity index (χ0n) is 12.1. The van der Waals surface area contributed by atoms with Crippen LogP contribution in [0.5, 0.6) is 5.75 Å². The molecule has 2 aromatic carbocycles. The highest BCUT2D eigenvalue weighted by molar-refractivity contribution is 5.35. The maximum Gasteiger partial charge on any atom is 0.115 e. The van der Waals surface area contributed by atoms with Crippen LogP contribution in [0.3, 0.4) is 0 Å². The van der Waals surface area contributed by atoms with Crippen molar-refractivity contribution in [1.29, 1.82) is 0 Å². The number of fused-ring (bicyclic) bond motifs is 1. The lowest BCUT2D eigenvalue weighted by Gasteiger charge is -2.31. The molecular formula is C18H21NO. The second-order valence-electron chi connectivity index (χ2n) is 5.69. The van der Waals surface area contributed by atoms with Gasteiger partial charge in [-0.1, -0.05) is 36.4 Å². The monoisotopic (exact) mass is 267 g/mol. The van der Waals surface area contributed by atoms with Crippen molar-refractivity contribution in [3.05, 3.63) is 65.2 Å². The van der Waals surface area contributed by atoms with Crippen LogP contribution in [0.4, 0.5) is 0 Å². The second-order valence-corrected chi connectivity index (χ2v) is 5.69. The predicted molar refractivity (Wildman–Crippen MR) is 81.8 cm³/mol. The molecule has 2 aromatic rings. The van der Waals surface area contributed by atoms with Crippen molar-refractivity contribution in [2.75, 3.05) is 7.05 Å². The fraction of sp³-hybridized carbons (Fsp3) is 0.333. The smallest absolute Gasteiger partial charge is 0.115 e. The fourth-order valence-corrected chi connectivity index (χ4v) is 3.22. The van der Waals surface area contributed by atoms with Crippen LogP contribution in [0.1, 0.15) is 42.1 Å². The first kappa shape index (κ1) is 13.2. The summed E-state index contributed by atoms with van der Waals surface area (Å²) < 4.78 is 0. The molecule has 1 aliphatic carbocycles. The van der Waals surface area contributed by atoms with Gasteiger partial charge < -0.3 is 5.11 Å². The second kappa shape index (κ2) is 5.29. The highest BCUT2D eigenvalue weighted by Gasteiger charge is 2.28. The third-order valence-electron chi connectivity index (χ3n) is 4.58. The molecule has 2 nitrogen and oxygen atoms in total. The Morgan fingerprint density at radius 3 is 2.55 bits per heavy atom. The van der Waals surface area contributed by atoms with Crippen LogP contribution in [-0.2, 0) is 6.42 Å². The molecule has 1 aliphatic rings. The van der Waals surface area contributed by atoms with Gasteiger partial charge in [-0.3, -0.25) is 4.90 Å². The number of nitrogens with zero attached hydrogens (tertiary/aromatic N) is 1. The summed E-state index contributed by atoms with van der Waals surface area (Å²) in [4.78, 5) is 2.44. The van der Waals surface area contributed by atoms with E-state index in [1.165, 1.54) is 29.5 Å². The van der Waals surface area contributed by atoms with Gasteiger partial charge >= 0.3 is 0 Å². The van der Waals surface area contributed by atoms with Crippen LogP contribution in [-0.4, -0.2) is 17.1 Å². The number of phenols is 1. The van der Waals surface area contributed by atoms with E-state index in [1.807, 2.05) is 12.1 Å². The number of phenolic OH excluding ortho intramolecular Hbond substituents is 1. The van der Waals surface area contributed by atoms with Crippen molar-refractivity contribution in [2.24, 2.45) is 0 Å². The van der Waals surface area contributed by atoms with Crippen LogP contribution in [0.2, 0.25) is 0 Å². The Morgan fingerprint density at radius 2 is 1.80 bits per heavy atom. The Hall–Kier alpha value is -1.80. The first-order valence-corrected chi connectivity index (χ1v) is 7.25. The average Bonchev–Trinajstić information content (AvgIpc) is 2.90. The molecule has 0 fully saturated rings. The van der Waals surface area contributed by atoms with Gasteiger partial charge in [0.25, 0.3) is 0 Å². The number of aromatic hydroxyl groups is 1. The standard InChI is InChI=1S/C18H21NO/c1-13(14-7-10-16(20)11-8-14)19(2)18-12-9-15-5-3-4-6-17(15)18/h3-8,10-11,13,18,20H,9,12H2,1-2H3. The van der Waals surface area contributed by atoms with Crippen LogP contribution >= 0.6 is 0 Å². The molecule has 3 rings (SSSR count). The summed E-state index contributed by atoms with van der Waals surface area (Å²) in [6.07, 6.45) is 2.37. The summed E-state index contributed by atoms with van der Waals surface area (Å²) in [6.45, 7) is 2.23. The summed E-state index contributed by atoms with van der Waals surface area (Å²) in [5.74, 6) is 0.329. The molecule has 0 bridgehead atoms. The van der Waals surface area contributed by atoms with Crippen LogP contribution in [0.15, 0.2) is 48.5 Å². The van der Waals surface area contributed by atoms with Gasteiger partial charge in [-0.2, -0.15) is 0 Å². The number of rotatable bonds is 3. The molecule has 20 heavy (non-hydrogen) atoms. The summed E-state index contributed by atoms with van der Waals surface area (Å²) in [5, 5.41) is 9.41. The van der Waals surface area contributed by atoms with Crippen molar-refractivity contribution in [1.82, 2.24) is 4.90 Å². The average molecular weight is 267 g/mol. The number of aryl methyl sites for hydroxylation is 1. The molecule has 2 heteroatoms. The van der Waals surface area contributed by atoms with Crippen molar-refractivity contribution >= 4 is 0 Å². The predicted octanol–water partition coefficient (Wildman–Crippen LogP) is 4.07. The van der Waals surface area contributed by atoms with Crippen molar-refractivity contribution in [3.63, 3.8) is 0 Å². The molecule has 0 aliphatic heterocycles. The van der Waals surface area contributed by atoms with Crippen LogP contribution < -0.4 is 0 Å². The molecule has 0 spiro atoms. The van der Waals surface area contributed by atoms with E-state index in [1.54, 1.807) is 12.1 Å². The molecule has 0 saturated carbocycles. The lowest BCUT2D eigenvalue weighted by atomic mass is 10.0. The molecule has 0 heterocycles. The molecule has 2 unspecified atom stereocenters. The summed E-state index contributed by atoms with van der Waals surface area (Å²) in [5.41, 5.74) is 4.21. The first-order chi connectivity index (χ1) is 9.66. The zero-order valence-corrected chi connectivity index (χ0v) is 12.1. The van der Waals surface area contributed by atoms with E-state index in [9.17, 15) is 5.11 Å². The van der Waals surface area contributed by atoms with Gasteiger partial charge in [0.05, 0.1) is 0 Å². The molecule has 0 saturated heterocycles. The van der Waals surface area contributed by atoms with Crippen LogP contribution in [0, 0.1) is 0 Å². The summed E-state index contributed by atoms with van der Waals surface area (Å²) in [6, 6.07) is 17.2. The lowest BCUT2D eigenvalue weighted by molar-refractivity contribution is 0.185. The SMILES string of the molecule is CC(c1ccc(O)cc1)N(C)C1CCc2ccccc21. The van der Waals surface area contributed by atoms with Gasteiger partial charge in [-0.15, -0.1) is 0 Å². The summed E-state index contributed by atoms with van der Waals surface area (Å²) in [7, 11) is 2.20. The Kier molecular flexibility index (Phi) is 3.49. The molecular weight excluding hydrogens is 246 g/mol. The van der Waals surface area contributed by atoms with Gasteiger partial charge in [-0.05, 0) is 55.6 Å². The molecule has 0 amide bonds. The van der Waals surface area contributed by atoms with Crippen molar-refractivity contribution in [2.45, 2.75) is 31.8 Å². The molecule has 1 N–H and O–H groups in total. The van der Waals surface area contributed by atoms with Crippen molar-refractivity contribution in [3.8, 4) is 5.75 Å². The maximum absolute atomic E-state index is 9.41. The zero-order chi connectivity index (χ0) is 14.1. The number of benzene rings is 2. The van der Waals surface area contributed by atoms with E-state index in [4.69, 9.17) is 0 Å². The van der Waals surface area contributed by atoms with Gasteiger partial charge in [0.1, 0.15) is 5.75 Å². The maximum atomic E-state index is 9.41. The third-order valence-corrected chi connectivity index (χ3v) is 4.58. The molecule has 2 atom stereocenters. The van der Waals surface area contributed by atoms with E-state index in [-0.39, 0.29) is 0 Å². The van der Waals surface area contributed by atoms with Crippen LogP contribution in [0.25, 0.3) is 0 Å². The normalized spacial score (nSPS) is 19.1. The fourth-order valence-electron chi connectivity index (χ4n) is 3.22. The minimum absolute atomic E-state index is 0.329. The van der Waals surface area contributed by atoms with E-state index in [0.717, 1.165) is 0 Å². The third kappa shape index (κ3) is 2.32. The largest absolute Gasteiger partial charge is 0.508 e. The Morgan fingerprint density at radius 1 is 1.10 bits per heavy atom.